The fourth-order valence-corrected chi connectivity index (χ4v) is 3.11. The number of hydrogen-bond donors (Lipinski definition) is 1. The number of nitrogens with one attached hydrogen (secondary N) is 1. The number of piperazine rings is 1. The van der Waals surface area contributed by atoms with Crippen molar-refractivity contribution in [1.82, 2.24) is 10.2 Å². The van der Waals surface area contributed by atoms with E-state index in [2.05, 4.69) is 60.7 Å². The van der Waals surface area contributed by atoms with Crippen LogP contribution in [0, 0.1) is 0 Å². The molecule has 106 valence electrons. The van der Waals surface area contributed by atoms with Crippen molar-refractivity contribution >= 4 is 11.8 Å². The van der Waals surface area contributed by atoms with Crippen LogP contribution in [-0.2, 0) is 0 Å². The van der Waals surface area contributed by atoms with Crippen molar-refractivity contribution in [3.8, 4) is 0 Å². The Morgan fingerprint density at radius 3 is 2.74 bits per heavy atom. The summed E-state index contributed by atoms with van der Waals surface area (Å²) in [5.74, 6) is 0. The molecular formula is C16H26N2S. The van der Waals surface area contributed by atoms with Gasteiger partial charge in [0.25, 0.3) is 0 Å². The molecule has 2 nitrogen and oxygen atoms in total. The molecule has 1 aromatic rings. The molecule has 0 amide bonds. The summed E-state index contributed by atoms with van der Waals surface area (Å²) in [5.41, 5.74) is 1.44. The molecule has 0 aromatic heterocycles. The van der Waals surface area contributed by atoms with E-state index in [-0.39, 0.29) is 0 Å². The summed E-state index contributed by atoms with van der Waals surface area (Å²) in [6.07, 6.45) is 3.42. The number of benzene rings is 1. The number of hydrogen-bond acceptors (Lipinski definition) is 3. The fourth-order valence-electron chi connectivity index (χ4n) is 2.77. The van der Waals surface area contributed by atoms with E-state index < -0.39 is 0 Å². The van der Waals surface area contributed by atoms with Crippen LogP contribution >= 0.6 is 11.8 Å². The molecule has 3 unspecified atom stereocenters. The molecule has 1 aliphatic heterocycles. The SMILES string of the molecule is CCC1CN(CC(C)SC)C(c2ccccc2)CN1. The van der Waals surface area contributed by atoms with E-state index in [0.717, 1.165) is 6.54 Å². The van der Waals surface area contributed by atoms with E-state index in [1.165, 1.54) is 25.1 Å². The smallest absolute Gasteiger partial charge is 0.0473 e. The van der Waals surface area contributed by atoms with Crippen LogP contribution in [0.5, 0.6) is 0 Å². The molecule has 3 heteroatoms. The Morgan fingerprint density at radius 2 is 2.11 bits per heavy atom. The van der Waals surface area contributed by atoms with Crippen molar-refractivity contribution in [2.75, 3.05) is 25.9 Å². The van der Waals surface area contributed by atoms with Crippen LogP contribution < -0.4 is 5.32 Å². The average molecular weight is 278 g/mol. The lowest BCUT2D eigenvalue weighted by atomic mass is 10.00. The standard InChI is InChI=1S/C16H26N2S/c1-4-15-12-18(11-13(2)19-3)16(10-17-15)14-8-6-5-7-9-14/h5-9,13,15-17H,4,10-12H2,1-3H3. The maximum atomic E-state index is 3.69. The van der Waals surface area contributed by atoms with E-state index in [0.29, 0.717) is 17.3 Å². The van der Waals surface area contributed by atoms with Gasteiger partial charge in [-0.25, -0.2) is 0 Å². The van der Waals surface area contributed by atoms with Gasteiger partial charge in [-0.05, 0) is 18.2 Å². The number of rotatable bonds is 5. The van der Waals surface area contributed by atoms with Gasteiger partial charge >= 0.3 is 0 Å². The van der Waals surface area contributed by atoms with Crippen LogP contribution in [0.2, 0.25) is 0 Å². The molecule has 1 N–H and O–H groups in total. The zero-order chi connectivity index (χ0) is 13.7. The van der Waals surface area contributed by atoms with Gasteiger partial charge in [0.05, 0.1) is 0 Å². The summed E-state index contributed by atoms with van der Waals surface area (Å²) >= 11 is 1.96. The molecule has 1 aromatic carbocycles. The lowest BCUT2D eigenvalue weighted by Gasteiger charge is -2.41. The number of thioether (sulfide) groups is 1. The highest BCUT2D eigenvalue weighted by atomic mass is 32.2. The van der Waals surface area contributed by atoms with Gasteiger partial charge in [-0.2, -0.15) is 11.8 Å². The second-order valence-corrected chi connectivity index (χ2v) is 6.72. The third-order valence-electron chi connectivity index (χ3n) is 4.07. The van der Waals surface area contributed by atoms with E-state index >= 15 is 0 Å². The highest BCUT2D eigenvalue weighted by molar-refractivity contribution is 7.99. The monoisotopic (exact) mass is 278 g/mol. The van der Waals surface area contributed by atoms with Gasteiger partial charge in [0.1, 0.15) is 0 Å². The van der Waals surface area contributed by atoms with E-state index in [1.807, 2.05) is 11.8 Å². The van der Waals surface area contributed by atoms with Crippen molar-refractivity contribution in [2.24, 2.45) is 0 Å². The van der Waals surface area contributed by atoms with Gasteiger partial charge in [0.15, 0.2) is 0 Å². The molecule has 0 aliphatic carbocycles. The lowest BCUT2D eigenvalue weighted by Crippen LogP contribution is -2.53. The summed E-state index contributed by atoms with van der Waals surface area (Å²) in [7, 11) is 0. The highest BCUT2D eigenvalue weighted by Gasteiger charge is 2.28. The molecule has 0 bridgehead atoms. The Bertz CT molecular complexity index is 366. The van der Waals surface area contributed by atoms with Gasteiger partial charge in [0.2, 0.25) is 0 Å². The number of nitrogens with zero attached hydrogens (tertiary/aromatic N) is 1. The van der Waals surface area contributed by atoms with Crippen molar-refractivity contribution in [3.05, 3.63) is 35.9 Å². The van der Waals surface area contributed by atoms with Gasteiger partial charge < -0.3 is 5.32 Å². The van der Waals surface area contributed by atoms with Crippen LogP contribution in [-0.4, -0.2) is 42.1 Å². The Hall–Kier alpha value is -0.510. The Morgan fingerprint density at radius 1 is 1.37 bits per heavy atom. The van der Waals surface area contributed by atoms with Crippen LogP contribution in [0.15, 0.2) is 30.3 Å². The minimum atomic E-state index is 0.526. The maximum Gasteiger partial charge on any atom is 0.0473 e. The minimum Gasteiger partial charge on any atom is -0.311 e. The molecule has 0 saturated carbocycles. The predicted molar refractivity (Wildman–Crippen MR) is 85.8 cm³/mol. The van der Waals surface area contributed by atoms with Gasteiger partial charge in [-0.3, -0.25) is 4.90 Å². The molecule has 0 spiro atoms. The normalized spacial score (nSPS) is 26.3. The first-order valence-electron chi connectivity index (χ1n) is 7.29. The van der Waals surface area contributed by atoms with E-state index in [1.54, 1.807) is 0 Å². The Labute approximate surface area is 122 Å². The molecule has 0 radical (unpaired) electrons. The first-order valence-corrected chi connectivity index (χ1v) is 8.58. The first kappa shape index (κ1) is 14.9. The lowest BCUT2D eigenvalue weighted by molar-refractivity contribution is 0.130. The van der Waals surface area contributed by atoms with Crippen molar-refractivity contribution in [3.63, 3.8) is 0 Å². The highest BCUT2D eigenvalue weighted by Crippen LogP contribution is 2.25. The third kappa shape index (κ3) is 3.98. The fraction of sp³-hybridized carbons (Fsp3) is 0.625. The van der Waals surface area contributed by atoms with Crippen LogP contribution in [0.25, 0.3) is 0 Å². The predicted octanol–water partition coefficient (Wildman–Crippen LogP) is 3.16. The van der Waals surface area contributed by atoms with Gasteiger partial charge in [-0.15, -0.1) is 0 Å². The maximum absolute atomic E-state index is 3.69. The third-order valence-corrected chi connectivity index (χ3v) is 5.02. The summed E-state index contributed by atoms with van der Waals surface area (Å²) in [6.45, 7) is 8.02. The summed E-state index contributed by atoms with van der Waals surface area (Å²) in [4.78, 5) is 2.67. The summed E-state index contributed by atoms with van der Waals surface area (Å²) in [5, 5.41) is 4.39. The van der Waals surface area contributed by atoms with Crippen LogP contribution in [0.3, 0.4) is 0 Å². The molecular weight excluding hydrogens is 252 g/mol. The zero-order valence-corrected chi connectivity index (χ0v) is 13.1. The molecule has 2 rings (SSSR count). The Balaban J connectivity index is 2.10. The molecule has 1 fully saturated rings. The molecule has 1 aliphatic rings. The zero-order valence-electron chi connectivity index (χ0n) is 12.3. The van der Waals surface area contributed by atoms with Crippen LogP contribution in [0.4, 0.5) is 0 Å². The van der Waals surface area contributed by atoms with Crippen molar-refractivity contribution in [1.29, 1.82) is 0 Å². The van der Waals surface area contributed by atoms with E-state index in [9.17, 15) is 0 Å². The van der Waals surface area contributed by atoms with Crippen LogP contribution in [0.1, 0.15) is 31.9 Å². The Kier molecular flexibility index (Phi) is 5.74. The largest absolute Gasteiger partial charge is 0.311 e. The van der Waals surface area contributed by atoms with Crippen molar-refractivity contribution < 1.29 is 0 Å². The van der Waals surface area contributed by atoms with Crippen molar-refractivity contribution in [2.45, 2.75) is 37.6 Å². The van der Waals surface area contributed by atoms with Gasteiger partial charge in [0, 0.05) is 37.0 Å². The van der Waals surface area contributed by atoms with E-state index in [4.69, 9.17) is 0 Å². The minimum absolute atomic E-state index is 0.526. The molecule has 3 atom stereocenters. The quantitative estimate of drug-likeness (QED) is 0.890. The second kappa shape index (κ2) is 7.32. The van der Waals surface area contributed by atoms with Gasteiger partial charge in [-0.1, -0.05) is 44.2 Å². The average Bonchev–Trinajstić information content (AvgIpc) is 2.48. The second-order valence-electron chi connectivity index (χ2n) is 5.44. The first-order chi connectivity index (χ1) is 9.24. The molecule has 19 heavy (non-hydrogen) atoms. The molecule has 1 saturated heterocycles. The summed E-state index contributed by atoms with van der Waals surface area (Å²) in [6, 6.07) is 12.1. The summed E-state index contributed by atoms with van der Waals surface area (Å²) < 4.78 is 0. The topological polar surface area (TPSA) is 15.3 Å². The molecule has 1 heterocycles.